The lowest BCUT2D eigenvalue weighted by molar-refractivity contribution is -0.129. The Labute approximate surface area is 85.9 Å². The molecule has 2 atom stereocenters. The van der Waals surface area contributed by atoms with Crippen molar-refractivity contribution in [2.45, 2.75) is 25.8 Å². The SMILES string of the molecule is [2H]C1CCC(=O)N1[C@@H](C)c1ccccc1. The fraction of sp³-hybridized carbons (Fsp3) is 0.417. The third-order valence-corrected chi connectivity index (χ3v) is 2.67. The van der Waals surface area contributed by atoms with Gasteiger partial charge < -0.3 is 4.90 Å². The lowest BCUT2D eigenvalue weighted by atomic mass is 10.1. The molecule has 0 aliphatic carbocycles. The summed E-state index contributed by atoms with van der Waals surface area (Å²) >= 11 is 0. The van der Waals surface area contributed by atoms with Crippen LogP contribution in [0.3, 0.4) is 0 Å². The lowest BCUT2D eigenvalue weighted by Crippen LogP contribution is -2.27. The molecule has 2 rings (SSSR count). The van der Waals surface area contributed by atoms with Gasteiger partial charge in [0, 0.05) is 14.3 Å². The number of rotatable bonds is 2. The molecule has 0 saturated carbocycles. The van der Waals surface area contributed by atoms with E-state index in [9.17, 15) is 4.79 Å². The average Bonchev–Trinajstić information content (AvgIpc) is 2.59. The highest BCUT2D eigenvalue weighted by Crippen LogP contribution is 2.24. The van der Waals surface area contributed by atoms with E-state index in [2.05, 4.69) is 0 Å². The van der Waals surface area contributed by atoms with Crippen LogP contribution in [0.4, 0.5) is 0 Å². The van der Waals surface area contributed by atoms with Crippen molar-refractivity contribution in [1.82, 2.24) is 4.90 Å². The predicted octanol–water partition coefficient (Wildman–Crippen LogP) is 2.37. The highest BCUT2D eigenvalue weighted by molar-refractivity contribution is 5.78. The second-order valence-corrected chi connectivity index (χ2v) is 3.61. The summed E-state index contributed by atoms with van der Waals surface area (Å²) in [5.41, 5.74) is 1.10. The highest BCUT2D eigenvalue weighted by atomic mass is 16.2. The van der Waals surface area contributed by atoms with Crippen molar-refractivity contribution < 1.29 is 6.17 Å². The van der Waals surface area contributed by atoms with E-state index < -0.39 is 0 Å². The molecule has 0 N–H and O–H groups in total. The maximum Gasteiger partial charge on any atom is 0.223 e. The number of amides is 1. The van der Waals surface area contributed by atoms with Crippen LogP contribution in [0.25, 0.3) is 0 Å². The summed E-state index contributed by atoms with van der Waals surface area (Å²) in [6.45, 7) is 1.62. The van der Waals surface area contributed by atoms with Gasteiger partial charge in [-0.05, 0) is 18.9 Å². The molecule has 1 aliphatic rings. The molecular weight excluding hydrogens is 174 g/mol. The summed E-state index contributed by atoms with van der Waals surface area (Å²) in [6, 6.07) is 9.91. The van der Waals surface area contributed by atoms with Gasteiger partial charge in [0.2, 0.25) is 5.91 Å². The van der Waals surface area contributed by atoms with E-state index in [-0.39, 0.29) is 18.5 Å². The standard InChI is InChI=1S/C12H15NO/c1-10(11-6-3-2-4-7-11)13-9-5-8-12(13)14/h2-4,6-7,10H,5,8-9H2,1H3/t10-/m0/s1/i9D/t9?,10-. The first-order chi connectivity index (χ1) is 7.20. The van der Waals surface area contributed by atoms with E-state index in [1.807, 2.05) is 37.3 Å². The molecule has 1 aliphatic heterocycles. The highest BCUT2D eigenvalue weighted by Gasteiger charge is 2.25. The van der Waals surface area contributed by atoms with Crippen LogP contribution in [0.1, 0.15) is 32.7 Å². The Morgan fingerprint density at radius 1 is 1.43 bits per heavy atom. The average molecular weight is 190 g/mol. The van der Waals surface area contributed by atoms with E-state index in [4.69, 9.17) is 1.37 Å². The number of benzene rings is 1. The van der Waals surface area contributed by atoms with E-state index in [1.165, 1.54) is 0 Å². The van der Waals surface area contributed by atoms with Gasteiger partial charge in [0.1, 0.15) is 0 Å². The minimum absolute atomic E-state index is 0.0173. The molecule has 74 valence electrons. The van der Waals surface area contributed by atoms with Crippen molar-refractivity contribution in [3.05, 3.63) is 35.9 Å². The first-order valence-electron chi connectivity index (χ1n) is 5.56. The Balaban J connectivity index is 2.21. The van der Waals surface area contributed by atoms with Crippen LogP contribution in [0, 0.1) is 0 Å². The Bertz CT molecular complexity index is 352. The second-order valence-electron chi connectivity index (χ2n) is 3.61. The topological polar surface area (TPSA) is 20.3 Å². The minimum Gasteiger partial charge on any atom is -0.336 e. The van der Waals surface area contributed by atoms with Gasteiger partial charge in [-0.25, -0.2) is 0 Å². The fourth-order valence-electron chi connectivity index (χ4n) is 1.82. The fourth-order valence-corrected chi connectivity index (χ4v) is 1.82. The number of carbonyl (C=O) groups excluding carboxylic acids is 1. The van der Waals surface area contributed by atoms with Crippen molar-refractivity contribution in [2.75, 3.05) is 6.52 Å². The lowest BCUT2D eigenvalue weighted by Gasteiger charge is -2.24. The molecule has 1 fully saturated rings. The van der Waals surface area contributed by atoms with Crippen LogP contribution >= 0.6 is 0 Å². The molecule has 1 aromatic carbocycles. The molecule has 1 saturated heterocycles. The van der Waals surface area contributed by atoms with E-state index in [0.717, 1.165) is 5.56 Å². The molecule has 1 aromatic rings. The number of hydrogen-bond donors (Lipinski definition) is 0. The van der Waals surface area contributed by atoms with Gasteiger partial charge >= 0.3 is 0 Å². The van der Waals surface area contributed by atoms with Crippen LogP contribution in [0.5, 0.6) is 0 Å². The number of likely N-dealkylation sites (tertiary alicyclic amines) is 1. The van der Waals surface area contributed by atoms with Gasteiger partial charge in [0.15, 0.2) is 0 Å². The Kier molecular flexibility index (Phi) is 2.20. The summed E-state index contributed by atoms with van der Waals surface area (Å²) < 4.78 is 7.80. The molecular formula is C12H15NO. The summed E-state index contributed by atoms with van der Waals surface area (Å²) in [5.74, 6) is 0.103. The quantitative estimate of drug-likeness (QED) is 0.701. The van der Waals surface area contributed by atoms with Crippen LogP contribution in [-0.2, 0) is 4.79 Å². The molecule has 1 unspecified atom stereocenters. The van der Waals surface area contributed by atoms with E-state index >= 15 is 0 Å². The van der Waals surface area contributed by atoms with Crippen molar-refractivity contribution in [3.8, 4) is 0 Å². The normalized spacial score (nSPS) is 24.9. The molecule has 1 amide bonds. The Hall–Kier alpha value is -1.31. The van der Waals surface area contributed by atoms with Gasteiger partial charge in [-0.3, -0.25) is 4.79 Å². The molecule has 0 radical (unpaired) electrons. The molecule has 2 nitrogen and oxygen atoms in total. The smallest absolute Gasteiger partial charge is 0.223 e. The Morgan fingerprint density at radius 2 is 2.14 bits per heavy atom. The van der Waals surface area contributed by atoms with Gasteiger partial charge in [-0.2, -0.15) is 0 Å². The van der Waals surface area contributed by atoms with Crippen molar-refractivity contribution in [3.63, 3.8) is 0 Å². The van der Waals surface area contributed by atoms with Gasteiger partial charge in [0.05, 0.1) is 6.04 Å². The van der Waals surface area contributed by atoms with Crippen LogP contribution in [-0.4, -0.2) is 17.3 Å². The van der Waals surface area contributed by atoms with Crippen molar-refractivity contribution >= 4 is 5.91 Å². The van der Waals surface area contributed by atoms with Crippen molar-refractivity contribution in [1.29, 1.82) is 0 Å². The maximum absolute atomic E-state index is 11.6. The van der Waals surface area contributed by atoms with Crippen molar-refractivity contribution in [2.24, 2.45) is 0 Å². The molecule has 0 spiro atoms. The third kappa shape index (κ3) is 1.65. The van der Waals surface area contributed by atoms with Gasteiger partial charge in [0.25, 0.3) is 0 Å². The number of nitrogens with zero attached hydrogens (tertiary/aromatic N) is 1. The van der Waals surface area contributed by atoms with Crippen LogP contribution < -0.4 is 0 Å². The molecule has 0 aromatic heterocycles. The summed E-state index contributed by atoms with van der Waals surface area (Å²) in [7, 11) is 0. The predicted molar refractivity (Wildman–Crippen MR) is 55.8 cm³/mol. The summed E-state index contributed by atoms with van der Waals surface area (Å²) in [5, 5.41) is 0. The summed E-state index contributed by atoms with van der Waals surface area (Å²) in [6.07, 6.45) is 1.18. The van der Waals surface area contributed by atoms with Gasteiger partial charge in [-0.15, -0.1) is 0 Å². The first kappa shape index (κ1) is 8.04. The maximum atomic E-state index is 11.6. The van der Waals surface area contributed by atoms with E-state index in [0.29, 0.717) is 12.8 Å². The zero-order valence-corrected chi connectivity index (χ0v) is 8.31. The largest absolute Gasteiger partial charge is 0.336 e. The summed E-state index contributed by atoms with van der Waals surface area (Å²) in [4.78, 5) is 13.3. The second kappa shape index (κ2) is 3.82. The molecule has 1 heterocycles. The molecule has 14 heavy (non-hydrogen) atoms. The van der Waals surface area contributed by atoms with Gasteiger partial charge in [-0.1, -0.05) is 30.3 Å². The van der Waals surface area contributed by atoms with E-state index in [1.54, 1.807) is 4.90 Å². The van der Waals surface area contributed by atoms with Crippen LogP contribution in [0.15, 0.2) is 30.3 Å². The zero-order valence-electron chi connectivity index (χ0n) is 9.31. The molecule has 0 bridgehead atoms. The minimum atomic E-state index is -0.368. The Morgan fingerprint density at radius 3 is 2.71 bits per heavy atom. The number of carbonyl (C=O) groups is 1. The molecule has 2 heteroatoms. The van der Waals surface area contributed by atoms with Crippen LogP contribution in [0.2, 0.25) is 0 Å². The monoisotopic (exact) mass is 190 g/mol. The first-order valence-corrected chi connectivity index (χ1v) is 4.98. The third-order valence-electron chi connectivity index (χ3n) is 2.67. The number of hydrogen-bond acceptors (Lipinski definition) is 1. The zero-order chi connectivity index (χ0) is 10.8.